The second-order valence-corrected chi connectivity index (χ2v) is 5.14. The lowest BCUT2D eigenvalue weighted by molar-refractivity contribution is 0.439. The Bertz CT molecular complexity index is 676. The van der Waals surface area contributed by atoms with Crippen molar-refractivity contribution in [1.29, 1.82) is 5.26 Å². The fraction of sp³-hybridized carbons (Fsp3) is 0.353. The van der Waals surface area contributed by atoms with Crippen LogP contribution in [-0.2, 0) is 0 Å². The normalized spacial score (nSPS) is 11.0. The lowest BCUT2D eigenvalue weighted by Crippen LogP contribution is -1.95. The fourth-order valence-electron chi connectivity index (χ4n) is 2.12. The number of nitrogens with zero attached hydrogens (tertiary/aromatic N) is 3. The molecule has 2 aromatic rings. The molecule has 22 heavy (non-hydrogen) atoms. The summed E-state index contributed by atoms with van der Waals surface area (Å²) >= 11 is 0. The van der Waals surface area contributed by atoms with Gasteiger partial charge in [0.05, 0.1) is 6.21 Å². The van der Waals surface area contributed by atoms with E-state index in [-0.39, 0.29) is 11.6 Å². The molecule has 1 aromatic heterocycles. The third-order valence-electron chi connectivity index (χ3n) is 3.54. The Labute approximate surface area is 130 Å². The summed E-state index contributed by atoms with van der Waals surface area (Å²) in [5.74, 6) is 1.12. The molecular formula is C17H20N4O. The van der Waals surface area contributed by atoms with Crippen LogP contribution in [-0.4, -0.2) is 11.2 Å². The monoisotopic (exact) mass is 296 g/mol. The van der Waals surface area contributed by atoms with Crippen LogP contribution in [0.1, 0.15) is 55.3 Å². The smallest absolute Gasteiger partial charge is 0.252 e. The van der Waals surface area contributed by atoms with Crippen LogP contribution in [0.2, 0.25) is 0 Å². The zero-order valence-electron chi connectivity index (χ0n) is 13.1. The molecule has 0 radical (unpaired) electrons. The van der Waals surface area contributed by atoms with Crippen LogP contribution in [0.3, 0.4) is 0 Å². The minimum atomic E-state index is 0.226. The second kappa shape index (κ2) is 7.41. The van der Waals surface area contributed by atoms with E-state index < -0.39 is 0 Å². The zero-order chi connectivity index (χ0) is 15.9. The van der Waals surface area contributed by atoms with Crippen LogP contribution in [0.5, 0.6) is 0 Å². The Morgan fingerprint density at radius 3 is 2.59 bits per heavy atom. The topological polar surface area (TPSA) is 74.2 Å². The third kappa shape index (κ3) is 3.73. The van der Waals surface area contributed by atoms with Crippen molar-refractivity contribution in [3.8, 4) is 6.07 Å². The van der Waals surface area contributed by atoms with Crippen molar-refractivity contribution in [3.05, 3.63) is 47.0 Å². The first-order chi connectivity index (χ1) is 10.7. The number of aryl methyl sites for hydroxylation is 1. The molecule has 0 amide bonds. The van der Waals surface area contributed by atoms with E-state index >= 15 is 0 Å². The van der Waals surface area contributed by atoms with Gasteiger partial charge in [0.25, 0.3) is 5.88 Å². The number of aromatic nitrogens is 1. The average molecular weight is 296 g/mol. The standard InChI is InChI=1S/C17H20N4O/c1-4-14(5-2)16-20-15(10-18)17(22-16)21-19-11-13-8-6-12(3)7-9-13/h6-9,11,14,21H,4-5H2,1-3H3/b19-11+. The van der Waals surface area contributed by atoms with Crippen molar-refractivity contribution in [1.82, 2.24) is 4.98 Å². The summed E-state index contributed by atoms with van der Waals surface area (Å²) < 4.78 is 5.65. The van der Waals surface area contributed by atoms with E-state index in [9.17, 15) is 0 Å². The first-order valence-electron chi connectivity index (χ1n) is 7.44. The minimum Gasteiger partial charge on any atom is -0.422 e. The summed E-state index contributed by atoms with van der Waals surface area (Å²) in [5, 5.41) is 13.3. The third-order valence-corrected chi connectivity index (χ3v) is 3.54. The summed E-state index contributed by atoms with van der Waals surface area (Å²) in [6.07, 6.45) is 3.53. The van der Waals surface area contributed by atoms with Crippen molar-refractivity contribution >= 4 is 12.1 Å². The molecule has 0 spiro atoms. The van der Waals surface area contributed by atoms with Gasteiger partial charge in [-0.1, -0.05) is 43.7 Å². The van der Waals surface area contributed by atoms with Crippen molar-refractivity contribution in [2.45, 2.75) is 39.5 Å². The maximum atomic E-state index is 9.14. The van der Waals surface area contributed by atoms with E-state index in [4.69, 9.17) is 9.68 Å². The van der Waals surface area contributed by atoms with E-state index in [2.05, 4.69) is 29.4 Å². The Morgan fingerprint density at radius 2 is 2.00 bits per heavy atom. The predicted octanol–water partition coefficient (Wildman–Crippen LogP) is 4.20. The molecule has 1 heterocycles. The Kier molecular flexibility index (Phi) is 5.31. The molecule has 0 fully saturated rings. The minimum absolute atomic E-state index is 0.226. The molecule has 0 atom stereocenters. The van der Waals surface area contributed by atoms with Gasteiger partial charge in [-0.15, -0.1) is 0 Å². The molecule has 0 aliphatic heterocycles. The van der Waals surface area contributed by atoms with Crippen molar-refractivity contribution < 1.29 is 4.42 Å². The second-order valence-electron chi connectivity index (χ2n) is 5.14. The number of anilines is 1. The number of nitrogens with one attached hydrogen (secondary N) is 1. The maximum Gasteiger partial charge on any atom is 0.252 e. The number of oxazole rings is 1. The number of benzene rings is 1. The average Bonchev–Trinajstić information content (AvgIpc) is 2.94. The molecule has 0 aliphatic rings. The number of hydrazone groups is 1. The van der Waals surface area contributed by atoms with Crippen LogP contribution in [0.25, 0.3) is 0 Å². The van der Waals surface area contributed by atoms with Crippen molar-refractivity contribution in [3.63, 3.8) is 0 Å². The Hall–Kier alpha value is -2.61. The van der Waals surface area contributed by atoms with Gasteiger partial charge in [-0.05, 0) is 25.3 Å². The summed E-state index contributed by atoms with van der Waals surface area (Å²) in [6.45, 7) is 6.19. The van der Waals surface area contributed by atoms with Gasteiger partial charge in [0.2, 0.25) is 11.6 Å². The van der Waals surface area contributed by atoms with Gasteiger partial charge in [-0.2, -0.15) is 10.4 Å². The molecule has 0 saturated heterocycles. The summed E-state index contributed by atoms with van der Waals surface area (Å²) in [5.41, 5.74) is 5.17. The van der Waals surface area contributed by atoms with E-state index in [0.29, 0.717) is 11.8 Å². The summed E-state index contributed by atoms with van der Waals surface area (Å²) in [7, 11) is 0. The molecule has 5 heteroatoms. The van der Waals surface area contributed by atoms with Gasteiger partial charge < -0.3 is 4.42 Å². The van der Waals surface area contributed by atoms with Gasteiger partial charge in [0.1, 0.15) is 6.07 Å². The Morgan fingerprint density at radius 1 is 1.32 bits per heavy atom. The summed E-state index contributed by atoms with van der Waals surface area (Å²) in [4.78, 5) is 4.24. The number of hydrogen-bond donors (Lipinski definition) is 1. The van der Waals surface area contributed by atoms with E-state index in [1.807, 2.05) is 37.3 Å². The van der Waals surface area contributed by atoms with Gasteiger partial charge in [-0.25, -0.2) is 10.4 Å². The van der Waals surface area contributed by atoms with Gasteiger partial charge in [0.15, 0.2) is 0 Å². The molecule has 5 nitrogen and oxygen atoms in total. The number of rotatable bonds is 6. The molecule has 114 valence electrons. The largest absolute Gasteiger partial charge is 0.422 e. The van der Waals surface area contributed by atoms with E-state index in [0.717, 1.165) is 18.4 Å². The Balaban J connectivity index is 2.12. The van der Waals surface area contributed by atoms with Gasteiger partial charge in [-0.3, -0.25) is 0 Å². The van der Waals surface area contributed by atoms with Gasteiger partial charge in [0, 0.05) is 5.92 Å². The van der Waals surface area contributed by atoms with Crippen molar-refractivity contribution in [2.24, 2.45) is 5.10 Å². The van der Waals surface area contributed by atoms with Gasteiger partial charge >= 0.3 is 0 Å². The lowest BCUT2D eigenvalue weighted by atomic mass is 10.0. The highest BCUT2D eigenvalue weighted by Crippen LogP contribution is 2.26. The maximum absolute atomic E-state index is 9.14. The molecule has 0 unspecified atom stereocenters. The molecule has 0 saturated carbocycles. The predicted molar refractivity (Wildman–Crippen MR) is 86.9 cm³/mol. The zero-order valence-corrected chi connectivity index (χ0v) is 13.1. The first kappa shape index (κ1) is 15.8. The van der Waals surface area contributed by atoms with Crippen LogP contribution >= 0.6 is 0 Å². The highest BCUT2D eigenvalue weighted by molar-refractivity contribution is 5.80. The lowest BCUT2D eigenvalue weighted by Gasteiger charge is -2.05. The summed E-state index contributed by atoms with van der Waals surface area (Å²) in [6, 6.07) is 10.0. The number of hydrogen-bond acceptors (Lipinski definition) is 5. The SMILES string of the molecule is CCC(CC)c1nc(C#N)c(N/N=C/c2ccc(C)cc2)o1. The van der Waals surface area contributed by atoms with Crippen LogP contribution in [0.15, 0.2) is 33.8 Å². The molecule has 1 N–H and O–H groups in total. The highest BCUT2D eigenvalue weighted by atomic mass is 16.4. The molecule has 0 bridgehead atoms. The first-order valence-corrected chi connectivity index (χ1v) is 7.44. The van der Waals surface area contributed by atoms with Crippen molar-refractivity contribution in [2.75, 3.05) is 5.43 Å². The molecular weight excluding hydrogens is 276 g/mol. The molecule has 1 aromatic carbocycles. The number of nitriles is 1. The fourth-order valence-corrected chi connectivity index (χ4v) is 2.12. The van der Waals surface area contributed by atoms with E-state index in [1.165, 1.54) is 5.56 Å². The molecule has 2 rings (SSSR count). The van der Waals surface area contributed by atoms with Crippen LogP contribution < -0.4 is 5.43 Å². The van der Waals surface area contributed by atoms with Crippen LogP contribution in [0.4, 0.5) is 5.88 Å². The van der Waals surface area contributed by atoms with Crippen LogP contribution in [0, 0.1) is 18.3 Å². The van der Waals surface area contributed by atoms with E-state index in [1.54, 1.807) is 6.21 Å². The molecule has 0 aliphatic carbocycles. The highest BCUT2D eigenvalue weighted by Gasteiger charge is 2.18. The quantitative estimate of drug-likeness (QED) is 0.640.